The van der Waals surface area contributed by atoms with Gasteiger partial charge in [0.2, 0.25) is 0 Å². The number of carbonyl (C=O) groups is 1. The summed E-state index contributed by atoms with van der Waals surface area (Å²) in [5.41, 5.74) is 2.36. The van der Waals surface area contributed by atoms with Gasteiger partial charge in [-0.15, -0.1) is 0 Å². The zero-order valence-corrected chi connectivity index (χ0v) is 10.2. The number of hydrogen-bond donors (Lipinski definition) is 1. The first kappa shape index (κ1) is 11.7. The number of fused-ring (bicyclic) bond motifs is 1. The Kier molecular flexibility index (Phi) is 2.91. The van der Waals surface area contributed by atoms with Crippen LogP contribution in [0.15, 0.2) is 42.6 Å². The van der Waals surface area contributed by atoms with Crippen molar-refractivity contribution < 1.29 is 14.6 Å². The molecule has 2 aromatic rings. The Bertz CT molecular complexity index is 610. The van der Waals surface area contributed by atoms with Crippen LogP contribution in [0.1, 0.15) is 22.7 Å². The van der Waals surface area contributed by atoms with E-state index in [-0.39, 0.29) is 0 Å². The van der Waals surface area contributed by atoms with Crippen molar-refractivity contribution >= 4 is 5.97 Å². The number of carboxylic acid groups (broad SMARTS) is 1. The largest absolute Gasteiger partial charge is 0.493 e. The summed E-state index contributed by atoms with van der Waals surface area (Å²) in [5, 5.41) is 9.46. The van der Waals surface area contributed by atoms with Gasteiger partial charge in [0.1, 0.15) is 11.7 Å². The summed E-state index contributed by atoms with van der Waals surface area (Å²) in [6.45, 7) is 0.667. The van der Waals surface area contributed by atoms with Crippen molar-refractivity contribution in [3.8, 4) is 5.75 Å². The van der Waals surface area contributed by atoms with Gasteiger partial charge in [-0.3, -0.25) is 9.78 Å². The molecule has 1 atom stereocenters. The van der Waals surface area contributed by atoms with Crippen LogP contribution in [0.5, 0.6) is 5.75 Å². The number of nitrogens with zero attached hydrogens (tertiary/aromatic N) is 1. The average molecular weight is 255 g/mol. The normalized spacial score (nSPS) is 14.5. The molecule has 1 unspecified atom stereocenters. The molecule has 0 saturated carbocycles. The maximum absolute atomic E-state index is 11.5. The summed E-state index contributed by atoms with van der Waals surface area (Å²) in [4.78, 5) is 15.7. The lowest BCUT2D eigenvalue weighted by Crippen LogP contribution is -2.14. The standard InChI is InChI=1S/C15H13NO3/c17-15(18)14(12-3-1-2-7-16-12)11-4-5-13-10(9-11)6-8-19-13/h1-5,7,9,14H,6,8H2,(H,17,18). The van der Waals surface area contributed by atoms with Crippen molar-refractivity contribution in [1.82, 2.24) is 4.98 Å². The minimum Gasteiger partial charge on any atom is -0.493 e. The van der Waals surface area contributed by atoms with Crippen molar-refractivity contribution in [1.29, 1.82) is 0 Å². The number of ether oxygens (including phenoxy) is 1. The number of carboxylic acids is 1. The zero-order chi connectivity index (χ0) is 13.2. The number of pyridine rings is 1. The Balaban J connectivity index is 2.04. The van der Waals surface area contributed by atoms with E-state index in [0.29, 0.717) is 12.3 Å². The number of aromatic nitrogens is 1. The fraction of sp³-hybridized carbons (Fsp3) is 0.200. The number of rotatable bonds is 3. The third kappa shape index (κ3) is 2.17. The number of aliphatic carboxylic acids is 1. The molecule has 4 heteroatoms. The fourth-order valence-electron chi connectivity index (χ4n) is 2.37. The molecule has 3 rings (SSSR count). The molecule has 0 saturated heterocycles. The minimum absolute atomic E-state index is 0.550. The van der Waals surface area contributed by atoms with E-state index in [9.17, 15) is 9.90 Å². The zero-order valence-electron chi connectivity index (χ0n) is 10.2. The number of benzene rings is 1. The molecule has 1 aromatic heterocycles. The Hall–Kier alpha value is -2.36. The van der Waals surface area contributed by atoms with Crippen molar-refractivity contribution in [2.75, 3.05) is 6.61 Å². The van der Waals surface area contributed by atoms with Gasteiger partial charge in [-0.2, -0.15) is 0 Å². The van der Waals surface area contributed by atoms with Crippen LogP contribution < -0.4 is 4.74 Å². The highest BCUT2D eigenvalue weighted by Gasteiger charge is 2.25. The van der Waals surface area contributed by atoms with E-state index >= 15 is 0 Å². The second kappa shape index (κ2) is 4.72. The third-order valence-corrected chi connectivity index (χ3v) is 3.28. The van der Waals surface area contributed by atoms with Gasteiger partial charge in [-0.25, -0.2) is 0 Å². The summed E-state index contributed by atoms with van der Waals surface area (Å²) in [6, 6.07) is 10.9. The van der Waals surface area contributed by atoms with E-state index in [4.69, 9.17) is 4.74 Å². The molecule has 0 spiro atoms. The van der Waals surface area contributed by atoms with Crippen LogP contribution in [0, 0.1) is 0 Å². The molecule has 1 N–H and O–H groups in total. The molecule has 0 radical (unpaired) electrons. The van der Waals surface area contributed by atoms with Gasteiger partial charge < -0.3 is 9.84 Å². The highest BCUT2D eigenvalue weighted by Crippen LogP contribution is 2.31. The second-order valence-corrected chi connectivity index (χ2v) is 4.49. The van der Waals surface area contributed by atoms with Gasteiger partial charge in [0.15, 0.2) is 0 Å². The predicted octanol–water partition coefficient (Wildman–Crippen LogP) is 2.23. The highest BCUT2D eigenvalue weighted by atomic mass is 16.5. The first-order valence-electron chi connectivity index (χ1n) is 6.15. The van der Waals surface area contributed by atoms with Crippen LogP contribution in [-0.2, 0) is 11.2 Å². The highest BCUT2D eigenvalue weighted by molar-refractivity contribution is 5.80. The molecular weight excluding hydrogens is 242 g/mol. The molecule has 19 heavy (non-hydrogen) atoms. The van der Waals surface area contributed by atoms with Crippen LogP contribution in [0.2, 0.25) is 0 Å². The molecule has 0 fully saturated rings. The van der Waals surface area contributed by atoms with E-state index in [1.807, 2.05) is 12.1 Å². The van der Waals surface area contributed by atoms with Crippen LogP contribution in [0.25, 0.3) is 0 Å². The quantitative estimate of drug-likeness (QED) is 0.913. The molecule has 2 heterocycles. The second-order valence-electron chi connectivity index (χ2n) is 4.49. The maximum Gasteiger partial charge on any atom is 0.317 e. The summed E-state index contributed by atoms with van der Waals surface area (Å²) in [7, 11) is 0. The Morgan fingerprint density at radius 3 is 2.95 bits per heavy atom. The van der Waals surface area contributed by atoms with Gasteiger partial charge in [-0.1, -0.05) is 18.2 Å². The molecule has 96 valence electrons. The smallest absolute Gasteiger partial charge is 0.317 e. The van der Waals surface area contributed by atoms with Crippen molar-refractivity contribution in [3.05, 3.63) is 59.4 Å². The van der Waals surface area contributed by atoms with Crippen molar-refractivity contribution in [3.63, 3.8) is 0 Å². The fourth-order valence-corrected chi connectivity index (χ4v) is 2.37. The molecule has 4 nitrogen and oxygen atoms in total. The van der Waals surface area contributed by atoms with Gasteiger partial charge in [0, 0.05) is 12.6 Å². The molecule has 1 aliphatic heterocycles. The maximum atomic E-state index is 11.5. The molecule has 0 aliphatic carbocycles. The van der Waals surface area contributed by atoms with Gasteiger partial charge in [-0.05, 0) is 29.3 Å². The lowest BCUT2D eigenvalue weighted by Gasteiger charge is -2.13. The predicted molar refractivity (Wildman–Crippen MR) is 69.4 cm³/mol. The SMILES string of the molecule is O=C(O)C(c1ccc2c(c1)CCO2)c1ccccn1. The van der Waals surface area contributed by atoms with Crippen LogP contribution >= 0.6 is 0 Å². The number of hydrogen-bond acceptors (Lipinski definition) is 3. The van der Waals surface area contributed by atoms with Crippen molar-refractivity contribution in [2.45, 2.75) is 12.3 Å². The van der Waals surface area contributed by atoms with E-state index in [2.05, 4.69) is 4.98 Å². The van der Waals surface area contributed by atoms with Gasteiger partial charge in [0.05, 0.1) is 12.3 Å². The average Bonchev–Trinajstić information content (AvgIpc) is 2.87. The monoisotopic (exact) mass is 255 g/mol. The summed E-state index contributed by atoms with van der Waals surface area (Å²) in [5.74, 6) is -0.765. The third-order valence-electron chi connectivity index (χ3n) is 3.28. The Morgan fingerprint density at radius 2 is 2.21 bits per heavy atom. The van der Waals surface area contributed by atoms with Crippen LogP contribution in [0.4, 0.5) is 0 Å². The molecule has 0 amide bonds. The van der Waals surface area contributed by atoms with Crippen LogP contribution in [-0.4, -0.2) is 22.7 Å². The first-order chi connectivity index (χ1) is 9.25. The van der Waals surface area contributed by atoms with Gasteiger partial charge in [0.25, 0.3) is 0 Å². The van der Waals surface area contributed by atoms with Crippen molar-refractivity contribution in [2.24, 2.45) is 0 Å². The first-order valence-corrected chi connectivity index (χ1v) is 6.15. The van der Waals surface area contributed by atoms with Crippen LogP contribution in [0.3, 0.4) is 0 Å². The topological polar surface area (TPSA) is 59.4 Å². The molecule has 1 aromatic carbocycles. The summed E-state index contributed by atoms with van der Waals surface area (Å²) in [6.07, 6.45) is 2.44. The van der Waals surface area contributed by atoms with E-state index in [1.165, 1.54) is 0 Å². The Morgan fingerprint density at radius 1 is 1.32 bits per heavy atom. The summed E-state index contributed by atoms with van der Waals surface area (Å²) >= 11 is 0. The lowest BCUT2D eigenvalue weighted by molar-refractivity contribution is -0.137. The minimum atomic E-state index is -0.891. The molecule has 0 bridgehead atoms. The van der Waals surface area contributed by atoms with Gasteiger partial charge >= 0.3 is 5.97 Å². The molecule has 1 aliphatic rings. The lowest BCUT2D eigenvalue weighted by atomic mass is 9.93. The summed E-state index contributed by atoms with van der Waals surface area (Å²) < 4.78 is 5.44. The molecular formula is C15H13NO3. The van der Waals surface area contributed by atoms with E-state index in [1.54, 1.807) is 30.5 Å². The Labute approximate surface area is 110 Å². The van der Waals surface area contributed by atoms with E-state index < -0.39 is 11.9 Å². The van der Waals surface area contributed by atoms with E-state index in [0.717, 1.165) is 23.3 Å².